The number of aryl methyl sites for hydroxylation is 2. The van der Waals surface area contributed by atoms with Crippen LogP contribution in [0.2, 0.25) is 10.0 Å². The SMILES string of the molecule is CC(=O)OCC(=O)Nc1ccc(Cl)c(C(=O)Nc2cccc3c4c(oc23)CCCC4)c1Cl. The van der Waals surface area contributed by atoms with Crippen LogP contribution >= 0.6 is 23.2 Å². The van der Waals surface area contributed by atoms with Crippen LogP contribution in [0.4, 0.5) is 11.4 Å². The van der Waals surface area contributed by atoms with Gasteiger partial charge < -0.3 is 19.8 Å². The summed E-state index contributed by atoms with van der Waals surface area (Å²) in [6.07, 6.45) is 4.02. The van der Waals surface area contributed by atoms with Crippen LogP contribution in [0.3, 0.4) is 0 Å². The minimum Gasteiger partial charge on any atom is -0.459 e. The second-order valence-corrected chi connectivity index (χ2v) is 8.24. The number of nitrogens with one attached hydrogen (secondary N) is 2. The fourth-order valence-corrected chi connectivity index (χ4v) is 4.37. The highest BCUT2D eigenvalue weighted by Crippen LogP contribution is 2.37. The molecule has 0 unspecified atom stereocenters. The van der Waals surface area contributed by atoms with E-state index in [-0.39, 0.29) is 21.3 Å². The zero-order chi connectivity index (χ0) is 22.8. The average molecular weight is 475 g/mol. The Kier molecular flexibility index (Phi) is 6.39. The Hall–Kier alpha value is -3.03. The number of hydrogen-bond acceptors (Lipinski definition) is 5. The third-order valence-electron chi connectivity index (χ3n) is 5.23. The number of ether oxygens (including phenoxy) is 1. The van der Waals surface area contributed by atoms with Gasteiger partial charge in [0, 0.05) is 24.3 Å². The highest BCUT2D eigenvalue weighted by Gasteiger charge is 2.23. The minimum atomic E-state index is -0.596. The quantitative estimate of drug-likeness (QED) is 0.484. The molecule has 2 aromatic carbocycles. The third-order valence-corrected chi connectivity index (χ3v) is 5.94. The normalized spacial score (nSPS) is 12.8. The first kappa shape index (κ1) is 22.2. The van der Waals surface area contributed by atoms with Crippen LogP contribution in [-0.2, 0) is 27.2 Å². The number of fused-ring (bicyclic) bond motifs is 3. The number of benzene rings is 2. The first-order chi connectivity index (χ1) is 15.3. The van der Waals surface area contributed by atoms with Gasteiger partial charge in [-0.05, 0) is 37.5 Å². The van der Waals surface area contributed by atoms with Gasteiger partial charge in [-0.3, -0.25) is 14.4 Å². The van der Waals surface area contributed by atoms with Crippen molar-refractivity contribution in [3.05, 3.63) is 57.3 Å². The van der Waals surface area contributed by atoms with E-state index in [0.717, 1.165) is 36.8 Å². The molecule has 9 heteroatoms. The summed E-state index contributed by atoms with van der Waals surface area (Å²) in [5, 5.41) is 6.42. The molecule has 0 aliphatic heterocycles. The summed E-state index contributed by atoms with van der Waals surface area (Å²) in [6, 6.07) is 8.52. The predicted octanol–water partition coefficient (Wildman–Crippen LogP) is 5.37. The molecule has 0 bridgehead atoms. The molecule has 1 aliphatic carbocycles. The van der Waals surface area contributed by atoms with Crippen LogP contribution in [0.1, 0.15) is 41.4 Å². The Balaban J connectivity index is 1.61. The van der Waals surface area contributed by atoms with Gasteiger partial charge in [0.05, 0.1) is 27.0 Å². The van der Waals surface area contributed by atoms with E-state index in [2.05, 4.69) is 15.4 Å². The molecule has 1 heterocycles. The summed E-state index contributed by atoms with van der Waals surface area (Å²) >= 11 is 12.6. The Morgan fingerprint density at radius 1 is 1.03 bits per heavy atom. The van der Waals surface area contributed by atoms with Crippen molar-refractivity contribution in [2.45, 2.75) is 32.6 Å². The van der Waals surface area contributed by atoms with E-state index in [1.54, 1.807) is 6.07 Å². The van der Waals surface area contributed by atoms with Crippen LogP contribution in [0.25, 0.3) is 11.0 Å². The molecule has 4 rings (SSSR count). The second-order valence-electron chi connectivity index (χ2n) is 7.46. The standard InChI is InChI=1S/C23H20Cl2N2O5/c1-12(28)31-11-19(29)26-16-10-9-15(24)20(21(16)25)23(30)27-17-7-4-6-14-13-5-2-3-8-18(13)32-22(14)17/h4,6-7,9-10H,2-3,5,8,11H2,1H3,(H,26,29)(H,27,30). The lowest BCUT2D eigenvalue weighted by atomic mass is 9.96. The molecule has 166 valence electrons. The second kappa shape index (κ2) is 9.22. The highest BCUT2D eigenvalue weighted by atomic mass is 35.5. The number of amides is 2. The molecule has 0 radical (unpaired) electrons. The van der Waals surface area contributed by atoms with Crippen molar-refractivity contribution in [1.82, 2.24) is 0 Å². The van der Waals surface area contributed by atoms with Crippen molar-refractivity contribution in [2.75, 3.05) is 17.2 Å². The Labute approximate surface area is 194 Å². The van der Waals surface area contributed by atoms with Crippen LogP contribution in [-0.4, -0.2) is 24.4 Å². The van der Waals surface area contributed by atoms with E-state index in [0.29, 0.717) is 11.3 Å². The zero-order valence-electron chi connectivity index (χ0n) is 17.2. The molecule has 0 atom stereocenters. The van der Waals surface area contributed by atoms with E-state index in [9.17, 15) is 14.4 Å². The Bertz CT molecular complexity index is 1230. The van der Waals surface area contributed by atoms with Crippen molar-refractivity contribution in [1.29, 1.82) is 0 Å². The first-order valence-electron chi connectivity index (χ1n) is 10.1. The summed E-state index contributed by atoms with van der Waals surface area (Å²) in [6.45, 7) is 0.724. The topological polar surface area (TPSA) is 97.6 Å². The predicted molar refractivity (Wildman–Crippen MR) is 123 cm³/mol. The number of halogens is 2. The van der Waals surface area contributed by atoms with Gasteiger partial charge in [0.25, 0.3) is 11.8 Å². The molecule has 1 aliphatic rings. The number of rotatable bonds is 5. The van der Waals surface area contributed by atoms with Gasteiger partial charge in [-0.2, -0.15) is 0 Å². The summed E-state index contributed by atoms with van der Waals surface area (Å²) in [5.41, 5.74) is 2.50. The monoisotopic (exact) mass is 474 g/mol. The van der Waals surface area contributed by atoms with E-state index < -0.39 is 24.4 Å². The molecule has 0 fully saturated rings. The van der Waals surface area contributed by atoms with E-state index in [1.807, 2.05) is 12.1 Å². The average Bonchev–Trinajstić information content (AvgIpc) is 3.14. The number of furan rings is 1. The van der Waals surface area contributed by atoms with Crippen molar-refractivity contribution in [3.8, 4) is 0 Å². The fraction of sp³-hybridized carbons (Fsp3) is 0.261. The number of hydrogen-bond donors (Lipinski definition) is 2. The molecule has 2 amide bonds. The fourth-order valence-electron chi connectivity index (χ4n) is 3.78. The van der Waals surface area contributed by atoms with Gasteiger partial charge in [-0.25, -0.2) is 0 Å². The largest absolute Gasteiger partial charge is 0.459 e. The van der Waals surface area contributed by atoms with Crippen LogP contribution < -0.4 is 10.6 Å². The Morgan fingerprint density at radius 3 is 2.59 bits per heavy atom. The molecule has 1 aromatic heterocycles. The van der Waals surface area contributed by atoms with Gasteiger partial charge in [0.2, 0.25) is 0 Å². The minimum absolute atomic E-state index is 0.00643. The molecule has 2 N–H and O–H groups in total. The van der Waals surface area contributed by atoms with E-state index in [1.165, 1.54) is 24.6 Å². The summed E-state index contributed by atoms with van der Waals surface area (Å²) < 4.78 is 10.7. The Morgan fingerprint density at radius 2 is 1.81 bits per heavy atom. The lowest BCUT2D eigenvalue weighted by molar-refractivity contribution is -0.144. The van der Waals surface area contributed by atoms with Gasteiger partial charge in [0.1, 0.15) is 5.76 Å². The number of carbonyl (C=O) groups is 3. The summed E-state index contributed by atoms with van der Waals surface area (Å²) in [7, 11) is 0. The van der Waals surface area contributed by atoms with Crippen LogP contribution in [0, 0.1) is 0 Å². The molecule has 0 saturated heterocycles. The van der Waals surface area contributed by atoms with E-state index in [4.69, 9.17) is 27.6 Å². The smallest absolute Gasteiger partial charge is 0.303 e. The molecular formula is C23H20Cl2N2O5. The number of para-hydroxylation sites is 1. The lowest BCUT2D eigenvalue weighted by Gasteiger charge is -2.13. The summed E-state index contributed by atoms with van der Waals surface area (Å²) in [4.78, 5) is 35.9. The van der Waals surface area contributed by atoms with Gasteiger partial charge in [-0.15, -0.1) is 0 Å². The number of anilines is 2. The summed E-state index contributed by atoms with van der Waals surface area (Å²) in [5.74, 6) is -0.766. The number of carbonyl (C=O) groups excluding carboxylic acids is 3. The maximum Gasteiger partial charge on any atom is 0.303 e. The molecule has 0 saturated carbocycles. The maximum absolute atomic E-state index is 13.1. The number of esters is 1. The van der Waals surface area contributed by atoms with Gasteiger partial charge in [-0.1, -0.05) is 35.3 Å². The zero-order valence-corrected chi connectivity index (χ0v) is 18.7. The first-order valence-corrected chi connectivity index (χ1v) is 10.9. The molecular weight excluding hydrogens is 455 g/mol. The lowest BCUT2D eigenvalue weighted by Crippen LogP contribution is -2.21. The molecule has 7 nitrogen and oxygen atoms in total. The van der Waals surface area contributed by atoms with Crippen LogP contribution in [0.5, 0.6) is 0 Å². The van der Waals surface area contributed by atoms with Crippen molar-refractivity contribution < 1.29 is 23.5 Å². The van der Waals surface area contributed by atoms with Gasteiger partial charge in [0.15, 0.2) is 12.2 Å². The van der Waals surface area contributed by atoms with Crippen molar-refractivity contribution >= 4 is 63.3 Å². The van der Waals surface area contributed by atoms with Crippen molar-refractivity contribution in [2.24, 2.45) is 0 Å². The van der Waals surface area contributed by atoms with Crippen molar-refractivity contribution in [3.63, 3.8) is 0 Å². The molecule has 32 heavy (non-hydrogen) atoms. The third kappa shape index (κ3) is 4.45. The van der Waals surface area contributed by atoms with E-state index >= 15 is 0 Å². The molecule has 3 aromatic rings. The highest BCUT2D eigenvalue weighted by molar-refractivity contribution is 6.42. The molecule has 0 spiro atoms. The van der Waals surface area contributed by atoms with Gasteiger partial charge >= 0.3 is 5.97 Å². The van der Waals surface area contributed by atoms with Crippen LogP contribution in [0.15, 0.2) is 34.7 Å². The maximum atomic E-state index is 13.1.